The average molecular weight is 936 g/mol. The lowest BCUT2D eigenvalue weighted by atomic mass is 9.94. The molecule has 0 N–H and O–H groups in total. The van der Waals surface area contributed by atoms with Crippen molar-refractivity contribution in [1.82, 2.24) is 0 Å². The monoisotopic (exact) mass is 935 g/mol. The summed E-state index contributed by atoms with van der Waals surface area (Å²) >= 11 is 0. The second kappa shape index (κ2) is 17.5. The summed E-state index contributed by atoms with van der Waals surface area (Å²) in [5.41, 5.74) is 15.1. The highest BCUT2D eigenvalue weighted by Crippen LogP contribution is 2.49. The summed E-state index contributed by atoms with van der Waals surface area (Å²) in [7, 11) is 0. The minimum absolute atomic E-state index is 0.852. The van der Waals surface area contributed by atoms with E-state index in [9.17, 15) is 0 Å². The van der Waals surface area contributed by atoms with Crippen molar-refractivity contribution in [2.45, 2.75) is 0 Å². The standard InChI is InChI=1S/C68H45N3O2/c1-4-21-48(22-5-1)69(49-23-6-2-7-24-49)53-41-47(42-54(43-53)70(50-25-8-3-9-26-50)63-32-18-20-46-19-10-11-27-56(46)63)55-37-38-64(58-29-13-12-28-57(55)58)71(51-35-39-67-61(44-51)59-30-14-16-33-65(59)72-67)52-36-40-68-62(45-52)60-31-15-17-34-66(60)73-68/h1-45H. The summed E-state index contributed by atoms with van der Waals surface area (Å²) in [6, 6.07) is 97.5. The molecule has 0 atom stereocenters. The van der Waals surface area contributed by atoms with Gasteiger partial charge in [-0.15, -0.1) is 0 Å². The molecule has 0 fully saturated rings. The predicted octanol–water partition coefficient (Wildman–Crippen LogP) is 19.9. The van der Waals surface area contributed by atoms with Gasteiger partial charge >= 0.3 is 0 Å². The fourth-order valence-corrected chi connectivity index (χ4v) is 10.9. The van der Waals surface area contributed by atoms with Gasteiger partial charge in [0.1, 0.15) is 22.3 Å². The zero-order chi connectivity index (χ0) is 48.2. The van der Waals surface area contributed by atoms with Gasteiger partial charge in [-0.3, -0.25) is 0 Å². The van der Waals surface area contributed by atoms with Crippen molar-refractivity contribution in [1.29, 1.82) is 0 Å². The molecule has 2 heterocycles. The molecule has 5 nitrogen and oxygen atoms in total. The first-order valence-corrected chi connectivity index (χ1v) is 24.7. The summed E-state index contributed by atoms with van der Waals surface area (Å²) in [6.07, 6.45) is 0. The third-order valence-corrected chi connectivity index (χ3v) is 14.2. The molecule has 0 aliphatic carbocycles. The van der Waals surface area contributed by atoms with Gasteiger partial charge in [0.25, 0.3) is 0 Å². The van der Waals surface area contributed by atoms with E-state index < -0.39 is 0 Å². The lowest BCUT2D eigenvalue weighted by molar-refractivity contribution is 0.668. The van der Waals surface area contributed by atoms with Crippen molar-refractivity contribution in [3.8, 4) is 11.1 Å². The van der Waals surface area contributed by atoms with Gasteiger partial charge in [-0.2, -0.15) is 0 Å². The Bertz CT molecular complexity index is 4190. The Morgan fingerprint density at radius 3 is 1.23 bits per heavy atom. The molecular weight excluding hydrogens is 891 g/mol. The van der Waals surface area contributed by atoms with E-state index in [4.69, 9.17) is 8.83 Å². The fourth-order valence-electron chi connectivity index (χ4n) is 10.9. The number of hydrogen-bond acceptors (Lipinski definition) is 5. The Labute approximate surface area is 422 Å². The lowest BCUT2D eigenvalue weighted by Gasteiger charge is -2.31. The summed E-state index contributed by atoms with van der Waals surface area (Å²) < 4.78 is 12.8. The van der Waals surface area contributed by atoms with Crippen LogP contribution in [0.3, 0.4) is 0 Å². The van der Waals surface area contributed by atoms with E-state index in [1.165, 1.54) is 10.8 Å². The van der Waals surface area contributed by atoms with Gasteiger partial charge in [0, 0.05) is 72.1 Å². The van der Waals surface area contributed by atoms with Crippen LogP contribution in [-0.2, 0) is 0 Å². The molecule has 0 amide bonds. The van der Waals surface area contributed by atoms with Crippen molar-refractivity contribution in [2.75, 3.05) is 14.7 Å². The molecule has 0 bridgehead atoms. The molecular formula is C68H45N3O2. The maximum absolute atomic E-state index is 6.38. The van der Waals surface area contributed by atoms with Crippen molar-refractivity contribution in [3.63, 3.8) is 0 Å². The number of para-hydroxylation sites is 5. The number of fused-ring (bicyclic) bond motifs is 8. The predicted molar refractivity (Wildman–Crippen MR) is 305 cm³/mol. The van der Waals surface area contributed by atoms with Gasteiger partial charge in [-0.1, -0.05) is 158 Å². The molecule has 0 aliphatic heterocycles. The zero-order valence-electron chi connectivity index (χ0n) is 39.6. The maximum atomic E-state index is 6.38. The van der Waals surface area contributed by atoms with E-state index in [0.717, 1.165) is 117 Å². The number of benzene rings is 12. The highest BCUT2D eigenvalue weighted by molar-refractivity contribution is 6.12. The number of nitrogens with zero attached hydrogens (tertiary/aromatic N) is 3. The van der Waals surface area contributed by atoms with Gasteiger partial charge in [-0.05, 0) is 137 Å². The van der Waals surface area contributed by atoms with E-state index >= 15 is 0 Å². The van der Waals surface area contributed by atoms with Crippen LogP contribution in [0.1, 0.15) is 0 Å². The number of anilines is 9. The lowest BCUT2D eigenvalue weighted by Crippen LogP contribution is -2.14. The highest BCUT2D eigenvalue weighted by Gasteiger charge is 2.24. The molecule has 0 radical (unpaired) electrons. The van der Waals surface area contributed by atoms with Crippen LogP contribution in [0.25, 0.3) is 76.5 Å². The molecule has 2 aromatic heterocycles. The molecule has 5 heteroatoms. The number of hydrogen-bond donors (Lipinski definition) is 0. The number of furan rings is 2. The van der Waals surface area contributed by atoms with Crippen LogP contribution in [0.2, 0.25) is 0 Å². The van der Waals surface area contributed by atoms with Gasteiger partial charge in [0.15, 0.2) is 0 Å². The van der Waals surface area contributed by atoms with Gasteiger partial charge in [0.2, 0.25) is 0 Å². The van der Waals surface area contributed by atoms with Crippen molar-refractivity contribution in [3.05, 3.63) is 273 Å². The first kappa shape index (κ1) is 42.1. The van der Waals surface area contributed by atoms with Crippen LogP contribution in [0.15, 0.2) is 282 Å². The molecule has 14 aromatic rings. The normalized spacial score (nSPS) is 11.6. The first-order valence-electron chi connectivity index (χ1n) is 24.7. The van der Waals surface area contributed by atoms with E-state index in [1.807, 2.05) is 24.3 Å². The fraction of sp³-hybridized carbons (Fsp3) is 0. The first-order chi connectivity index (χ1) is 36.2. The maximum Gasteiger partial charge on any atom is 0.135 e. The third kappa shape index (κ3) is 7.33. The second-order valence-electron chi connectivity index (χ2n) is 18.5. The second-order valence-corrected chi connectivity index (χ2v) is 18.5. The summed E-state index contributed by atoms with van der Waals surface area (Å²) in [5.74, 6) is 0. The summed E-state index contributed by atoms with van der Waals surface area (Å²) in [5, 5.41) is 8.88. The van der Waals surface area contributed by atoms with E-state index in [-0.39, 0.29) is 0 Å². The van der Waals surface area contributed by atoms with Gasteiger partial charge < -0.3 is 23.5 Å². The highest BCUT2D eigenvalue weighted by atomic mass is 16.3. The number of rotatable bonds is 10. The largest absolute Gasteiger partial charge is 0.456 e. The summed E-state index contributed by atoms with van der Waals surface area (Å²) in [6.45, 7) is 0. The quantitative estimate of drug-likeness (QED) is 0.137. The summed E-state index contributed by atoms with van der Waals surface area (Å²) in [4.78, 5) is 7.16. The minimum atomic E-state index is 0.852. The van der Waals surface area contributed by atoms with Gasteiger partial charge in [0.05, 0.1) is 11.4 Å². The van der Waals surface area contributed by atoms with E-state index in [1.54, 1.807) is 0 Å². The smallest absolute Gasteiger partial charge is 0.135 e. The van der Waals surface area contributed by atoms with E-state index in [0.29, 0.717) is 0 Å². The van der Waals surface area contributed by atoms with Crippen LogP contribution in [-0.4, -0.2) is 0 Å². The Kier molecular flexibility index (Phi) is 10.1. The van der Waals surface area contributed by atoms with Gasteiger partial charge in [-0.25, -0.2) is 0 Å². The molecule has 0 aliphatic rings. The van der Waals surface area contributed by atoms with E-state index in [2.05, 4.69) is 263 Å². The van der Waals surface area contributed by atoms with Crippen molar-refractivity contribution in [2.24, 2.45) is 0 Å². The average Bonchev–Trinajstić information content (AvgIpc) is 4.02. The van der Waals surface area contributed by atoms with Crippen LogP contribution >= 0.6 is 0 Å². The topological polar surface area (TPSA) is 36.0 Å². The molecule has 12 aromatic carbocycles. The molecule has 0 unspecified atom stereocenters. The third-order valence-electron chi connectivity index (χ3n) is 14.2. The van der Waals surface area contributed by atoms with Crippen molar-refractivity contribution >= 4 is 117 Å². The van der Waals surface area contributed by atoms with Crippen LogP contribution in [0.4, 0.5) is 51.2 Å². The Hall–Kier alpha value is -9.84. The molecule has 73 heavy (non-hydrogen) atoms. The molecule has 14 rings (SSSR count). The molecule has 344 valence electrons. The minimum Gasteiger partial charge on any atom is -0.456 e. The van der Waals surface area contributed by atoms with Crippen molar-refractivity contribution < 1.29 is 8.83 Å². The SMILES string of the molecule is c1ccc(N(c2ccccc2)c2cc(-c3ccc(N(c4ccc5oc6ccccc6c5c4)c4ccc5oc6ccccc6c5c4)c4ccccc34)cc(N(c3ccccc3)c3cccc4ccccc34)c2)cc1. The van der Waals surface area contributed by atoms with Crippen LogP contribution in [0, 0.1) is 0 Å². The van der Waals surface area contributed by atoms with Crippen LogP contribution in [0.5, 0.6) is 0 Å². The zero-order valence-corrected chi connectivity index (χ0v) is 39.6. The van der Waals surface area contributed by atoms with Crippen LogP contribution < -0.4 is 14.7 Å². The molecule has 0 saturated carbocycles. The molecule has 0 saturated heterocycles. The Balaban J connectivity index is 1.02. The Morgan fingerprint density at radius 1 is 0.219 bits per heavy atom. The Morgan fingerprint density at radius 2 is 0.644 bits per heavy atom. The molecule has 0 spiro atoms.